The van der Waals surface area contributed by atoms with Crippen molar-refractivity contribution < 1.29 is 22.1 Å². The van der Waals surface area contributed by atoms with Gasteiger partial charge < -0.3 is 16.2 Å². The van der Waals surface area contributed by atoms with Crippen LogP contribution >= 0.6 is 0 Å². The van der Waals surface area contributed by atoms with E-state index in [9.17, 15) is 13.2 Å². The van der Waals surface area contributed by atoms with Crippen molar-refractivity contribution in [1.82, 2.24) is 0 Å². The van der Waals surface area contributed by atoms with E-state index in [1.807, 2.05) is 0 Å². The highest BCUT2D eigenvalue weighted by molar-refractivity contribution is 7.86. The summed E-state index contributed by atoms with van der Waals surface area (Å²) in [6.45, 7) is 4.82. The minimum absolute atomic E-state index is 0.201. The smallest absolute Gasteiger partial charge is 0.326 e. The molecule has 0 radical (unpaired) electrons. The van der Waals surface area contributed by atoms with E-state index in [2.05, 4.69) is 4.18 Å². The highest BCUT2D eigenvalue weighted by Gasteiger charge is 2.31. The van der Waals surface area contributed by atoms with Crippen molar-refractivity contribution in [2.75, 3.05) is 12.8 Å². The van der Waals surface area contributed by atoms with E-state index in [0.717, 1.165) is 6.26 Å². The maximum absolute atomic E-state index is 11.6. The molecule has 8 heteroatoms. The fourth-order valence-electron chi connectivity index (χ4n) is 0.992. The summed E-state index contributed by atoms with van der Waals surface area (Å²) in [5.41, 5.74) is 10.1. The molecule has 0 aromatic rings. The van der Waals surface area contributed by atoms with E-state index in [1.165, 1.54) is 0 Å². The average molecular weight is 268 g/mol. The first-order valence-corrected chi connectivity index (χ1v) is 6.84. The fraction of sp³-hybridized carbons (Fsp3) is 0.889. The van der Waals surface area contributed by atoms with Crippen LogP contribution in [0.25, 0.3) is 0 Å². The molecule has 0 aromatic heterocycles. The number of carbonyl (C=O) groups excluding carboxylic acids is 1. The molecule has 0 amide bonds. The minimum atomic E-state index is -3.73. The second-order valence-corrected chi connectivity index (χ2v) is 6.23. The summed E-state index contributed by atoms with van der Waals surface area (Å²) in [7, 11) is -3.73. The van der Waals surface area contributed by atoms with Crippen molar-refractivity contribution >= 4 is 16.1 Å². The van der Waals surface area contributed by atoms with E-state index < -0.39 is 33.8 Å². The lowest BCUT2D eigenvalue weighted by Crippen LogP contribution is -2.50. The summed E-state index contributed by atoms with van der Waals surface area (Å²) in [5.74, 6) is -0.753. The average Bonchev–Trinajstić information content (AvgIpc) is 2.08. The summed E-state index contributed by atoms with van der Waals surface area (Å²) in [5, 5.41) is 0. The van der Waals surface area contributed by atoms with Gasteiger partial charge in [0.25, 0.3) is 10.1 Å². The number of hydrogen-bond acceptors (Lipinski definition) is 7. The molecule has 0 aliphatic carbocycles. The highest BCUT2D eigenvalue weighted by atomic mass is 32.2. The summed E-state index contributed by atoms with van der Waals surface area (Å²) in [6, 6.07) is -1.24. The number of rotatable bonds is 5. The minimum Gasteiger partial charge on any atom is -0.459 e. The van der Waals surface area contributed by atoms with Gasteiger partial charge in [-0.1, -0.05) is 0 Å². The third kappa shape index (κ3) is 7.27. The van der Waals surface area contributed by atoms with E-state index in [-0.39, 0.29) is 6.54 Å². The molecular weight excluding hydrogens is 248 g/mol. The molecule has 0 fully saturated rings. The largest absolute Gasteiger partial charge is 0.459 e. The van der Waals surface area contributed by atoms with Crippen LogP contribution in [0.5, 0.6) is 0 Å². The molecule has 0 aromatic carbocycles. The molecule has 0 bridgehead atoms. The van der Waals surface area contributed by atoms with Crippen LogP contribution in [-0.2, 0) is 23.8 Å². The van der Waals surface area contributed by atoms with Gasteiger partial charge in [0.1, 0.15) is 17.7 Å². The van der Waals surface area contributed by atoms with Crippen LogP contribution in [0.4, 0.5) is 0 Å². The van der Waals surface area contributed by atoms with Crippen LogP contribution in [0.15, 0.2) is 0 Å². The highest BCUT2D eigenvalue weighted by Crippen LogP contribution is 2.10. The third-order valence-corrected chi connectivity index (χ3v) is 2.21. The lowest BCUT2D eigenvalue weighted by atomic mass is 10.1. The maximum atomic E-state index is 11.6. The molecule has 0 saturated heterocycles. The summed E-state index contributed by atoms with van der Waals surface area (Å²) in [6.07, 6.45) is -0.267. The first-order chi connectivity index (χ1) is 7.46. The van der Waals surface area contributed by atoms with Crippen molar-refractivity contribution in [3.8, 4) is 0 Å². The van der Waals surface area contributed by atoms with Crippen LogP contribution in [-0.4, -0.2) is 44.9 Å². The first kappa shape index (κ1) is 16.3. The fourth-order valence-corrected chi connectivity index (χ4v) is 1.64. The first-order valence-electron chi connectivity index (χ1n) is 5.03. The lowest BCUT2D eigenvalue weighted by Gasteiger charge is -2.25. The van der Waals surface area contributed by atoms with Gasteiger partial charge in [-0.05, 0) is 20.8 Å². The van der Waals surface area contributed by atoms with Gasteiger partial charge in [-0.15, -0.1) is 0 Å². The zero-order valence-corrected chi connectivity index (χ0v) is 11.3. The molecule has 0 aliphatic rings. The van der Waals surface area contributed by atoms with Crippen LogP contribution in [0.1, 0.15) is 20.8 Å². The number of carbonyl (C=O) groups is 1. The predicted octanol–water partition coefficient (Wildman–Crippen LogP) is -1.04. The van der Waals surface area contributed by atoms with Crippen molar-refractivity contribution in [3.63, 3.8) is 0 Å². The van der Waals surface area contributed by atoms with Gasteiger partial charge in [-0.3, -0.25) is 8.98 Å². The Hall–Kier alpha value is -0.700. The van der Waals surface area contributed by atoms with E-state index in [1.54, 1.807) is 20.8 Å². The van der Waals surface area contributed by atoms with Gasteiger partial charge in [0.15, 0.2) is 0 Å². The Balaban J connectivity index is 4.65. The Bertz CT molecular complexity index is 360. The Morgan fingerprint density at radius 1 is 1.35 bits per heavy atom. The Labute approximate surface area is 102 Å². The molecule has 0 spiro atoms. The molecule has 0 rings (SSSR count). The van der Waals surface area contributed by atoms with Crippen molar-refractivity contribution in [3.05, 3.63) is 0 Å². The summed E-state index contributed by atoms with van der Waals surface area (Å²) in [4.78, 5) is 11.6. The van der Waals surface area contributed by atoms with Crippen molar-refractivity contribution in [2.45, 2.75) is 38.5 Å². The summed E-state index contributed by atoms with van der Waals surface area (Å²) < 4.78 is 31.5. The quantitative estimate of drug-likeness (QED) is 0.482. The van der Waals surface area contributed by atoms with Gasteiger partial charge in [-0.25, -0.2) is 0 Å². The van der Waals surface area contributed by atoms with Gasteiger partial charge in [0.05, 0.1) is 6.26 Å². The summed E-state index contributed by atoms with van der Waals surface area (Å²) >= 11 is 0. The van der Waals surface area contributed by atoms with E-state index in [4.69, 9.17) is 16.2 Å². The standard InChI is InChI=1S/C9H20N2O5S/c1-9(2,3)15-8(12)7(11)6(5-10)16-17(4,13)14/h6-7H,5,10-11H2,1-4H3. The van der Waals surface area contributed by atoms with Crippen LogP contribution in [0, 0.1) is 0 Å². The zero-order valence-electron chi connectivity index (χ0n) is 10.5. The molecule has 17 heavy (non-hydrogen) atoms. The number of hydrogen-bond donors (Lipinski definition) is 2. The van der Waals surface area contributed by atoms with Crippen LogP contribution in [0.3, 0.4) is 0 Å². The molecule has 0 aliphatic heterocycles. The molecule has 0 heterocycles. The zero-order chi connectivity index (χ0) is 13.9. The second kappa shape index (κ2) is 5.76. The topological polar surface area (TPSA) is 122 Å². The Morgan fingerprint density at radius 2 is 1.82 bits per heavy atom. The van der Waals surface area contributed by atoms with Crippen LogP contribution < -0.4 is 11.5 Å². The normalized spacial score (nSPS) is 16.4. The monoisotopic (exact) mass is 268 g/mol. The molecular formula is C9H20N2O5S. The number of ether oxygens (including phenoxy) is 1. The molecule has 2 atom stereocenters. The van der Waals surface area contributed by atoms with E-state index >= 15 is 0 Å². The molecule has 7 nitrogen and oxygen atoms in total. The maximum Gasteiger partial charge on any atom is 0.326 e. The molecule has 102 valence electrons. The molecule has 0 saturated carbocycles. The SMILES string of the molecule is CC(C)(C)OC(=O)C(N)C(CN)OS(C)(=O)=O. The van der Waals surface area contributed by atoms with Crippen LogP contribution in [0.2, 0.25) is 0 Å². The molecule has 2 unspecified atom stereocenters. The van der Waals surface area contributed by atoms with Crippen molar-refractivity contribution in [2.24, 2.45) is 11.5 Å². The second-order valence-electron chi connectivity index (χ2n) is 4.63. The van der Waals surface area contributed by atoms with Gasteiger partial charge >= 0.3 is 5.97 Å². The van der Waals surface area contributed by atoms with Crippen molar-refractivity contribution in [1.29, 1.82) is 0 Å². The predicted molar refractivity (Wildman–Crippen MR) is 62.6 cm³/mol. The Kier molecular flexibility index (Phi) is 5.53. The third-order valence-electron chi connectivity index (χ3n) is 1.61. The number of esters is 1. The number of nitrogens with two attached hydrogens (primary N) is 2. The Morgan fingerprint density at radius 3 is 2.12 bits per heavy atom. The van der Waals surface area contributed by atoms with E-state index in [0.29, 0.717) is 0 Å². The van der Waals surface area contributed by atoms with Gasteiger partial charge in [0, 0.05) is 6.54 Å². The van der Waals surface area contributed by atoms with Gasteiger partial charge in [0.2, 0.25) is 0 Å². The molecule has 4 N–H and O–H groups in total. The van der Waals surface area contributed by atoms with Gasteiger partial charge in [-0.2, -0.15) is 8.42 Å². The lowest BCUT2D eigenvalue weighted by molar-refractivity contribution is -0.158.